The van der Waals surface area contributed by atoms with Crippen molar-refractivity contribution in [2.45, 2.75) is 11.4 Å². The highest BCUT2D eigenvalue weighted by Gasteiger charge is 2.13. The summed E-state index contributed by atoms with van der Waals surface area (Å²) in [6.07, 6.45) is 1.07. The first-order chi connectivity index (χ1) is 8.36. The summed E-state index contributed by atoms with van der Waals surface area (Å²) in [7, 11) is -3.40. The third-order valence-corrected chi connectivity index (χ3v) is 3.34. The minimum absolute atomic E-state index is 0.0477. The lowest BCUT2D eigenvalue weighted by atomic mass is 10.1. The van der Waals surface area contributed by atoms with Gasteiger partial charge in [-0.25, -0.2) is 17.2 Å². The van der Waals surface area contributed by atoms with E-state index in [0.29, 0.717) is 5.69 Å². The van der Waals surface area contributed by atoms with Crippen molar-refractivity contribution < 1.29 is 17.2 Å². The molecule has 0 bridgehead atoms. The zero-order valence-electron chi connectivity index (χ0n) is 9.44. The van der Waals surface area contributed by atoms with Gasteiger partial charge in [-0.3, -0.25) is 5.10 Å². The van der Waals surface area contributed by atoms with Gasteiger partial charge in [0.1, 0.15) is 11.6 Å². The van der Waals surface area contributed by atoms with Crippen LogP contribution in [-0.4, -0.2) is 24.9 Å². The Kier molecular flexibility index (Phi) is 3.16. The number of aromatic amines is 1. The second-order valence-corrected chi connectivity index (χ2v) is 5.88. The summed E-state index contributed by atoms with van der Waals surface area (Å²) in [6.45, 7) is 0. The van der Waals surface area contributed by atoms with Crippen LogP contribution in [0.1, 0.15) is 11.3 Å². The number of H-pyrrole nitrogens is 1. The zero-order valence-corrected chi connectivity index (χ0v) is 10.3. The fraction of sp³-hybridized carbons (Fsp3) is 0.182. The van der Waals surface area contributed by atoms with E-state index < -0.39 is 21.5 Å². The molecular formula is C11H10F2N2O2S. The SMILES string of the molecule is CS(=O)(=O)c1cc(Cc2cc(F)ccc2F)[nH]n1. The molecule has 0 fully saturated rings. The lowest BCUT2D eigenvalue weighted by molar-refractivity contribution is 0.588. The van der Waals surface area contributed by atoms with Crippen LogP contribution in [0.15, 0.2) is 29.3 Å². The molecule has 0 saturated heterocycles. The van der Waals surface area contributed by atoms with Crippen LogP contribution in [0.2, 0.25) is 0 Å². The summed E-state index contributed by atoms with van der Waals surface area (Å²) in [4.78, 5) is 0. The van der Waals surface area contributed by atoms with Crippen molar-refractivity contribution in [3.63, 3.8) is 0 Å². The van der Waals surface area contributed by atoms with E-state index in [1.807, 2.05) is 0 Å². The van der Waals surface area contributed by atoms with Gasteiger partial charge in [0, 0.05) is 18.4 Å². The van der Waals surface area contributed by atoms with Crippen molar-refractivity contribution >= 4 is 9.84 Å². The second-order valence-electron chi connectivity index (χ2n) is 3.92. The van der Waals surface area contributed by atoms with Gasteiger partial charge in [-0.1, -0.05) is 0 Å². The smallest absolute Gasteiger partial charge is 0.194 e. The fourth-order valence-corrected chi connectivity index (χ4v) is 2.07. The van der Waals surface area contributed by atoms with Gasteiger partial charge in [0.15, 0.2) is 14.9 Å². The van der Waals surface area contributed by atoms with Crippen LogP contribution < -0.4 is 0 Å². The number of aromatic nitrogens is 2. The molecule has 0 radical (unpaired) electrons. The van der Waals surface area contributed by atoms with E-state index in [1.165, 1.54) is 6.07 Å². The van der Waals surface area contributed by atoms with Crippen molar-refractivity contribution in [2.24, 2.45) is 0 Å². The maximum Gasteiger partial charge on any atom is 0.194 e. The van der Waals surface area contributed by atoms with Crippen molar-refractivity contribution in [1.82, 2.24) is 10.2 Å². The summed E-state index contributed by atoms with van der Waals surface area (Å²) < 4.78 is 48.7. The van der Waals surface area contributed by atoms with E-state index in [-0.39, 0.29) is 17.0 Å². The lowest BCUT2D eigenvalue weighted by Gasteiger charge is -2.00. The molecule has 0 atom stereocenters. The Morgan fingerprint density at radius 1 is 1.28 bits per heavy atom. The molecule has 0 unspecified atom stereocenters. The van der Waals surface area contributed by atoms with Crippen LogP contribution in [0.25, 0.3) is 0 Å². The maximum atomic E-state index is 13.4. The van der Waals surface area contributed by atoms with E-state index in [2.05, 4.69) is 10.2 Å². The Labute approximate surface area is 103 Å². The Balaban J connectivity index is 2.29. The lowest BCUT2D eigenvalue weighted by Crippen LogP contribution is -1.96. The molecule has 4 nitrogen and oxygen atoms in total. The quantitative estimate of drug-likeness (QED) is 0.924. The zero-order chi connectivity index (χ0) is 13.3. The van der Waals surface area contributed by atoms with Crippen LogP contribution in [-0.2, 0) is 16.3 Å². The van der Waals surface area contributed by atoms with Gasteiger partial charge in [0.2, 0.25) is 0 Å². The predicted molar refractivity (Wildman–Crippen MR) is 60.9 cm³/mol. The predicted octanol–water partition coefficient (Wildman–Crippen LogP) is 1.68. The summed E-state index contributed by atoms with van der Waals surface area (Å²) in [5.74, 6) is -1.10. The van der Waals surface area contributed by atoms with Gasteiger partial charge in [0.05, 0.1) is 0 Å². The molecule has 1 heterocycles. The second kappa shape index (κ2) is 4.49. The minimum atomic E-state index is -3.40. The van der Waals surface area contributed by atoms with Crippen LogP contribution in [0.5, 0.6) is 0 Å². The van der Waals surface area contributed by atoms with Gasteiger partial charge < -0.3 is 0 Å². The molecule has 2 rings (SSSR count). The van der Waals surface area contributed by atoms with Gasteiger partial charge in [-0.05, 0) is 29.8 Å². The fourth-order valence-electron chi connectivity index (χ4n) is 1.50. The van der Waals surface area contributed by atoms with Crippen molar-refractivity contribution in [1.29, 1.82) is 0 Å². The number of hydrogen-bond donors (Lipinski definition) is 1. The van der Waals surface area contributed by atoms with E-state index in [9.17, 15) is 17.2 Å². The van der Waals surface area contributed by atoms with Crippen LogP contribution >= 0.6 is 0 Å². The molecule has 0 aliphatic carbocycles. The molecule has 0 spiro atoms. The maximum absolute atomic E-state index is 13.4. The molecule has 2 aromatic rings. The number of hydrogen-bond acceptors (Lipinski definition) is 3. The number of nitrogens with zero attached hydrogens (tertiary/aromatic N) is 1. The molecule has 1 N–H and O–H groups in total. The van der Waals surface area contributed by atoms with E-state index in [0.717, 1.165) is 24.5 Å². The first-order valence-corrected chi connectivity index (χ1v) is 6.93. The Hall–Kier alpha value is -1.76. The van der Waals surface area contributed by atoms with Crippen molar-refractivity contribution in [3.8, 4) is 0 Å². The molecule has 0 aliphatic heterocycles. The van der Waals surface area contributed by atoms with E-state index >= 15 is 0 Å². The Morgan fingerprint density at radius 3 is 2.61 bits per heavy atom. The van der Waals surface area contributed by atoms with Crippen LogP contribution in [0.4, 0.5) is 8.78 Å². The molecule has 1 aromatic carbocycles. The molecule has 0 amide bonds. The summed E-state index contributed by atoms with van der Waals surface area (Å²) in [6, 6.07) is 4.42. The third kappa shape index (κ3) is 2.73. The number of benzene rings is 1. The molecule has 18 heavy (non-hydrogen) atoms. The Morgan fingerprint density at radius 2 is 2.00 bits per heavy atom. The first kappa shape index (κ1) is 12.7. The Bertz CT molecular complexity index is 680. The molecule has 0 saturated carbocycles. The third-order valence-electron chi connectivity index (χ3n) is 2.38. The summed E-state index contributed by atoms with van der Waals surface area (Å²) >= 11 is 0. The molecule has 7 heteroatoms. The van der Waals surface area contributed by atoms with Crippen LogP contribution in [0.3, 0.4) is 0 Å². The highest BCUT2D eigenvalue weighted by molar-refractivity contribution is 7.90. The van der Waals surface area contributed by atoms with Gasteiger partial charge in [-0.15, -0.1) is 0 Å². The molecule has 1 aromatic heterocycles. The topological polar surface area (TPSA) is 62.8 Å². The van der Waals surface area contributed by atoms with Crippen LogP contribution in [0, 0.1) is 11.6 Å². The summed E-state index contributed by atoms with van der Waals surface area (Å²) in [5.41, 5.74) is 0.540. The highest BCUT2D eigenvalue weighted by Crippen LogP contribution is 2.15. The number of rotatable bonds is 3. The minimum Gasteiger partial charge on any atom is -0.281 e. The molecule has 0 aliphatic rings. The standard InChI is InChI=1S/C11H10F2N2O2S/c1-18(16,17)11-6-9(14-15-11)5-7-4-8(12)2-3-10(7)13/h2-4,6H,5H2,1H3,(H,14,15). The van der Waals surface area contributed by atoms with Gasteiger partial charge in [0.25, 0.3) is 0 Å². The molecule has 96 valence electrons. The van der Waals surface area contributed by atoms with Crippen molar-refractivity contribution in [3.05, 3.63) is 47.2 Å². The molecular weight excluding hydrogens is 262 g/mol. The van der Waals surface area contributed by atoms with Gasteiger partial charge in [-0.2, -0.15) is 5.10 Å². The number of halogens is 2. The largest absolute Gasteiger partial charge is 0.281 e. The summed E-state index contributed by atoms with van der Waals surface area (Å²) in [5, 5.41) is 5.98. The highest BCUT2D eigenvalue weighted by atomic mass is 32.2. The number of nitrogens with one attached hydrogen (secondary N) is 1. The first-order valence-electron chi connectivity index (χ1n) is 5.04. The average molecular weight is 272 g/mol. The normalized spacial score (nSPS) is 11.7. The van der Waals surface area contributed by atoms with E-state index in [4.69, 9.17) is 0 Å². The van der Waals surface area contributed by atoms with Crippen molar-refractivity contribution in [2.75, 3.05) is 6.26 Å². The monoisotopic (exact) mass is 272 g/mol. The van der Waals surface area contributed by atoms with Gasteiger partial charge >= 0.3 is 0 Å². The van der Waals surface area contributed by atoms with E-state index in [1.54, 1.807) is 0 Å². The average Bonchev–Trinajstić information content (AvgIpc) is 2.71. The number of sulfone groups is 1.